The van der Waals surface area contributed by atoms with Crippen LogP contribution in [0.3, 0.4) is 0 Å². The molecule has 0 unspecified atom stereocenters. The van der Waals surface area contributed by atoms with E-state index < -0.39 is 0 Å². The summed E-state index contributed by atoms with van der Waals surface area (Å²) in [6, 6.07) is 0.00306. The van der Waals surface area contributed by atoms with Crippen molar-refractivity contribution in [2.75, 3.05) is 26.3 Å². The Balaban J connectivity index is 2.31. The van der Waals surface area contributed by atoms with Gasteiger partial charge in [0, 0.05) is 13.1 Å². The first-order valence-corrected chi connectivity index (χ1v) is 3.33. The number of carbonyl (C=O) groups excluding carboxylic acids is 1. The van der Waals surface area contributed by atoms with E-state index in [1.165, 1.54) is 5.32 Å². The van der Waals surface area contributed by atoms with Crippen LogP contribution < -0.4 is 5.32 Å². The number of quaternary nitrogens is 1. The summed E-state index contributed by atoms with van der Waals surface area (Å²) in [6.07, 6.45) is 0. The van der Waals surface area contributed by atoms with E-state index in [0.717, 1.165) is 0 Å². The Bertz CT molecular complexity index is 121. The van der Waals surface area contributed by atoms with Crippen LogP contribution in [0.2, 0.25) is 0 Å². The molecule has 0 atom stereocenters. The number of primary amides is 1. The third kappa shape index (κ3) is 1.68. The third-order valence-electron chi connectivity index (χ3n) is 1.50. The van der Waals surface area contributed by atoms with Gasteiger partial charge in [0.15, 0.2) is 0 Å². The van der Waals surface area contributed by atoms with Crippen molar-refractivity contribution < 1.29 is 14.8 Å². The van der Waals surface area contributed by atoms with Crippen molar-refractivity contribution in [2.45, 2.75) is 0 Å². The van der Waals surface area contributed by atoms with Gasteiger partial charge < -0.3 is 10.1 Å². The first kappa shape index (κ1) is 7.50. The molecular formula is C6H12N2O2. The smallest absolute Gasteiger partial charge is 0.389 e. The van der Waals surface area contributed by atoms with Gasteiger partial charge in [-0.2, -0.15) is 0 Å². The predicted octanol–water partition coefficient (Wildman–Crippen LogP) is -1.21. The fraction of sp³-hybridized carbons (Fsp3) is 0.667. The molecule has 1 heterocycles. The summed E-state index contributed by atoms with van der Waals surface area (Å²) in [5.74, 6) is 0. The molecule has 0 aliphatic carbocycles. The number of nitrogens with two attached hydrogens (primary N) is 1. The normalized spacial score (nSPS) is 19.1. The number of ether oxygens (including phenoxy) is 1. The van der Waals surface area contributed by atoms with Gasteiger partial charge in [-0.3, -0.25) is 4.90 Å². The van der Waals surface area contributed by atoms with E-state index in [9.17, 15) is 4.79 Å². The van der Waals surface area contributed by atoms with Crippen LogP contribution >= 0.6 is 0 Å². The predicted molar refractivity (Wildman–Crippen MR) is 35.1 cm³/mol. The van der Waals surface area contributed by atoms with Crippen LogP contribution in [0, 0.1) is 7.05 Å². The number of hydrogen-bond acceptors (Lipinski definition) is 2. The van der Waals surface area contributed by atoms with Crippen molar-refractivity contribution in [2.24, 2.45) is 0 Å². The molecule has 1 saturated heterocycles. The summed E-state index contributed by atoms with van der Waals surface area (Å²) in [7, 11) is 3.40. The van der Waals surface area contributed by atoms with Crippen molar-refractivity contribution in [3.63, 3.8) is 0 Å². The zero-order valence-corrected chi connectivity index (χ0v) is 5.88. The summed E-state index contributed by atoms with van der Waals surface area (Å²) >= 11 is 0. The lowest BCUT2D eigenvalue weighted by Gasteiger charge is -2.24. The van der Waals surface area contributed by atoms with Gasteiger partial charge in [-0.1, -0.05) is 0 Å². The monoisotopic (exact) mass is 144 g/mol. The summed E-state index contributed by atoms with van der Waals surface area (Å²) in [5.41, 5.74) is 0. The average molecular weight is 144 g/mol. The SMILES string of the molecule is [CH2-][NH2+]C(=O)N1CCOCC1. The summed E-state index contributed by atoms with van der Waals surface area (Å²) < 4.78 is 5.07. The second kappa shape index (κ2) is 3.53. The minimum Gasteiger partial charge on any atom is -0.395 e. The lowest BCUT2D eigenvalue weighted by molar-refractivity contribution is -0.498. The molecule has 2 N–H and O–H groups in total. The minimum absolute atomic E-state index is 0.00306. The van der Waals surface area contributed by atoms with Crippen LogP contribution in [0.1, 0.15) is 0 Å². The number of carbonyl (C=O) groups is 1. The highest BCUT2D eigenvalue weighted by molar-refractivity contribution is 5.63. The van der Waals surface area contributed by atoms with E-state index in [1.54, 1.807) is 4.90 Å². The topological polar surface area (TPSA) is 46.2 Å². The van der Waals surface area contributed by atoms with E-state index in [0.29, 0.717) is 26.3 Å². The molecule has 4 nitrogen and oxygen atoms in total. The highest BCUT2D eigenvalue weighted by Gasteiger charge is 2.15. The van der Waals surface area contributed by atoms with Gasteiger partial charge in [-0.25, -0.2) is 4.79 Å². The number of hydrogen-bond donors (Lipinski definition) is 1. The molecule has 58 valence electrons. The molecule has 2 amide bonds. The quantitative estimate of drug-likeness (QED) is 0.434. The summed E-state index contributed by atoms with van der Waals surface area (Å²) in [6.45, 7) is 2.70. The Kier molecular flexibility index (Phi) is 2.65. The lowest BCUT2D eigenvalue weighted by atomic mass is 10.4. The van der Waals surface area contributed by atoms with E-state index >= 15 is 0 Å². The lowest BCUT2D eigenvalue weighted by Crippen LogP contribution is -2.85. The van der Waals surface area contributed by atoms with E-state index in [-0.39, 0.29) is 6.03 Å². The molecule has 1 aliphatic rings. The van der Waals surface area contributed by atoms with Crippen molar-refractivity contribution >= 4 is 6.03 Å². The van der Waals surface area contributed by atoms with Crippen molar-refractivity contribution in [1.29, 1.82) is 0 Å². The zero-order valence-electron chi connectivity index (χ0n) is 5.88. The molecule has 0 aromatic heterocycles. The zero-order chi connectivity index (χ0) is 7.40. The molecule has 1 fully saturated rings. The second-order valence-electron chi connectivity index (χ2n) is 2.14. The molecular weight excluding hydrogens is 132 g/mol. The number of rotatable bonds is 0. The average Bonchev–Trinajstić information content (AvgIpc) is 2.05. The standard InChI is InChI=1S/C6H12N2O2/c1-7-6(9)8-2-4-10-5-3-8/h1-5,7H2. The molecule has 4 heteroatoms. The maximum atomic E-state index is 10.9. The molecule has 10 heavy (non-hydrogen) atoms. The van der Waals surface area contributed by atoms with Crippen LogP contribution in [0.4, 0.5) is 4.79 Å². The first-order valence-electron chi connectivity index (χ1n) is 3.33. The summed E-state index contributed by atoms with van der Waals surface area (Å²) in [4.78, 5) is 12.7. The van der Waals surface area contributed by atoms with E-state index in [2.05, 4.69) is 7.05 Å². The molecule has 1 rings (SSSR count). The molecule has 1 aliphatic heterocycles. The number of nitrogens with zero attached hydrogens (tertiary/aromatic N) is 1. The van der Waals surface area contributed by atoms with E-state index in [4.69, 9.17) is 4.74 Å². The Labute approximate surface area is 60.1 Å². The van der Waals surface area contributed by atoms with Gasteiger partial charge in [0.25, 0.3) is 0 Å². The first-order chi connectivity index (χ1) is 4.84. The van der Waals surface area contributed by atoms with Gasteiger partial charge >= 0.3 is 6.03 Å². The van der Waals surface area contributed by atoms with Gasteiger partial charge in [0.05, 0.1) is 13.2 Å². The van der Waals surface area contributed by atoms with Crippen molar-refractivity contribution in [3.8, 4) is 0 Å². The maximum absolute atomic E-state index is 10.9. The maximum Gasteiger partial charge on any atom is 0.389 e. The van der Waals surface area contributed by atoms with Crippen molar-refractivity contribution in [1.82, 2.24) is 4.90 Å². The van der Waals surface area contributed by atoms with Crippen LogP contribution in [0.15, 0.2) is 0 Å². The molecule has 0 aromatic rings. The number of morpholine rings is 1. The molecule has 0 aromatic carbocycles. The molecule has 0 radical (unpaired) electrons. The fourth-order valence-corrected chi connectivity index (χ4v) is 0.913. The Morgan fingerprint density at radius 1 is 1.50 bits per heavy atom. The van der Waals surface area contributed by atoms with Crippen LogP contribution in [-0.2, 0) is 4.74 Å². The summed E-state index contributed by atoms with van der Waals surface area (Å²) in [5, 5.41) is 1.34. The minimum atomic E-state index is 0.00306. The molecule has 0 spiro atoms. The van der Waals surface area contributed by atoms with Gasteiger partial charge in [-0.15, -0.1) is 7.05 Å². The largest absolute Gasteiger partial charge is 0.395 e. The van der Waals surface area contributed by atoms with Crippen LogP contribution in [0.5, 0.6) is 0 Å². The van der Waals surface area contributed by atoms with Crippen molar-refractivity contribution in [3.05, 3.63) is 7.05 Å². The van der Waals surface area contributed by atoms with E-state index in [1.807, 2.05) is 0 Å². The van der Waals surface area contributed by atoms with Crippen LogP contribution in [-0.4, -0.2) is 37.2 Å². The Morgan fingerprint density at radius 2 is 2.10 bits per heavy atom. The Hall–Kier alpha value is -0.610. The molecule has 0 bridgehead atoms. The fourth-order valence-electron chi connectivity index (χ4n) is 0.913. The Morgan fingerprint density at radius 3 is 2.60 bits per heavy atom. The third-order valence-corrected chi connectivity index (χ3v) is 1.50. The highest BCUT2D eigenvalue weighted by Crippen LogP contribution is 1.93. The highest BCUT2D eigenvalue weighted by atomic mass is 16.5. The number of urea groups is 1. The number of amides is 2. The van der Waals surface area contributed by atoms with Gasteiger partial charge in [0.2, 0.25) is 0 Å². The molecule has 0 saturated carbocycles. The van der Waals surface area contributed by atoms with Gasteiger partial charge in [-0.05, 0) is 0 Å². The van der Waals surface area contributed by atoms with Crippen LogP contribution in [0.25, 0.3) is 0 Å². The second-order valence-corrected chi connectivity index (χ2v) is 2.14. The van der Waals surface area contributed by atoms with Gasteiger partial charge in [0.1, 0.15) is 0 Å².